The zero-order valence-corrected chi connectivity index (χ0v) is 20.1. The molecule has 2 heterocycles. The monoisotopic (exact) mass is 492 g/mol. The number of hydrogen-bond acceptors (Lipinski definition) is 5. The highest BCUT2D eigenvalue weighted by Crippen LogP contribution is 2.35. The molecule has 2 atom stereocenters. The number of aromatic amines is 1. The van der Waals surface area contributed by atoms with E-state index in [4.69, 9.17) is 5.21 Å². The molecule has 2 amide bonds. The van der Waals surface area contributed by atoms with Gasteiger partial charge in [0.25, 0.3) is 0 Å². The number of benzene rings is 2. The number of aromatic nitrogens is 1. The topological polar surface area (TPSA) is 135 Å². The Morgan fingerprint density at radius 3 is 2.39 bits per heavy atom. The van der Waals surface area contributed by atoms with Crippen LogP contribution in [0.3, 0.4) is 0 Å². The van der Waals surface area contributed by atoms with Crippen LogP contribution in [0.1, 0.15) is 67.6 Å². The first-order valence-corrected chi connectivity index (χ1v) is 12.3. The number of unbranched alkanes of at least 4 members (excludes halogenated alkanes) is 3. The molecule has 36 heavy (non-hydrogen) atoms. The molecule has 5 N–H and O–H groups in total. The van der Waals surface area contributed by atoms with E-state index < -0.39 is 24.1 Å². The summed E-state index contributed by atoms with van der Waals surface area (Å²) in [6.45, 7) is 0.489. The quantitative estimate of drug-likeness (QED) is 0.157. The molecule has 0 bridgehead atoms. The van der Waals surface area contributed by atoms with Crippen LogP contribution in [-0.4, -0.2) is 44.5 Å². The minimum atomic E-state index is -1.01. The van der Waals surface area contributed by atoms with Crippen LogP contribution in [0.4, 0.5) is 0 Å². The Labute approximate surface area is 209 Å². The predicted octanol–water partition coefficient (Wildman–Crippen LogP) is 3.81. The summed E-state index contributed by atoms with van der Waals surface area (Å²) in [5.74, 6) is -1.46. The lowest BCUT2D eigenvalue weighted by molar-refractivity contribution is -0.143. The van der Waals surface area contributed by atoms with E-state index in [0.717, 1.165) is 35.0 Å². The third-order valence-corrected chi connectivity index (χ3v) is 6.73. The number of nitrogens with one attached hydrogen (secondary N) is 3. The molecule has 0 aliphatic carbocycles. The summed E-state index contributed by atoms with van der Waals surface area (Å²) in [6, 6.07) is 15.9. The number of aliphatic carboxylic acids is 1. The van der Waals surface area contributed by atoms with Crippen molar-refractivity contribution < 1.29 is 24.7 Å². The fourth-order valence-electron chi connectivity index (χ4n) is 4.91. The van der Waals surface area contributed by atoms with Gasteiger partial charge in [0.1, 0.15) is 12.2 Å². The SMILES string of the molecule is O=C(CCCCCCC(=O)N1CCc2c([nH]c3ccccc23)C1N[C@H](C(=O)O)c1ccccc1)NO. The van der Waals surface area contributed by atoms with Crippen molar-refractivity contribution in [3.63, 3.8) is 0 Å². The molecule has 0 saturated heterocycles. The van der Waals surface area contributed by atoms with Crippen LogP contribution in [0.5, 0.6) is 0 Å². The van der Waals surface area contributed by atoms with Crippen molar-refractivity contribution >= 4 is 28.7 Å². The Hall–Kier alpha value is -3.69. The van der Waals surface area contributed by atoms with Gasteiger partial charge in [0, 0.05) is 30.3 Å². The second-order valence-corrected chi connectivity index (χ2v) is 9.10. The third kappa shape index (κ3) is 5.75. The molecule has 0 saturated carbocycles. The summed E-state index contributed by atoms with van der Waals surface area (Å²) in [7, 11) is 0. The largest absolute Gasteiger partial charge is 0.480 e. The van der Waals surface area contributed by atoms with E-state index in [0.29, 0.717) is 37.8 Å². The maximum Gasteiger partial charge on any atom is 0.325 e. The second kappa shape index (κ2) is 11.8. The number of H-pyrrole nitrogens is 1. The maximum atomic E-state index is 13.3. The molecule has 1 unspecified atom stereocenters. The Morgan fingerprint density at radius 2 is 1.67 bits per heavy atom. The van der Waals surface area contributed by atoms with E-state index in [2.05, 4.69) is 10.3 Å². The highest BCUT2D eigenvalue weighted by molar-refractivity contribution is 5.86. The molecule has 190 valence electrons. The normalized spacial score (nSPS) is 15.9. The second-order valence-electron chi connectivity index (χ2n) is 9.10. The summed E-state index contributed by atoms with van der Waals surface area (Å²) in [5.41, 5.74) is 5.13. The van der Waals surface area contributed by atoms with Crippen LogP contribution in [0.2, 0.25) is 0 Å². The van der Waals surface area contributed by atoms with E-state index in [9.17, 15) is 19.5 Å². The third-order valence-electron chi connectivity index (χ3n) is 6.73. The van der Waals surface area contributed by atoms with Crippen molar-refractivity contribution in [3.8, 4) is 0 Å². The highest BCUT2D eigenvalue weighted by Gasteiger charge is 2.36. The lowest BCUT2D eigenvalue weighted by Crippen LogP contribution is -2.48. The number of hydroxylamine groups is 1. The summed E-state index contributed by atoms with van der Waals surface area (Å²) in [4.78, 5) is 41.9. The minimum Gasteiger partial charge on any atom is -0.480 e. The maximum absolute atomic E-state index is 13.3. The molecular weight excluding hydrogens is 460 g/mol. The number of fused-ring (bicyclic) bond motifs is 3. The van der Waals surface area contributed by atoms with Crippen LogP contribution in [-0.2, 0) is 20.8 Å². The number of nitrogens with zero attached hydrogens (tertiary/aromatic N) is 1. The van der Waals surface area contributed by atoms with Crippen LogP contribution in [0.15, 0.2) is 54.6 Å². The molecule has 3 aromatic rings. The van der Waals surface area contributed by atoms with Crippen molar-refractivity contribution in [2.24, 2.45) is 0 Å². The number of rotatable bonds is 11. The molecule has 9 nitrogen and oxygen atoms in total. The van der Waals surface area contributed by atoms with Crippen molar-refractivity contribution in [3.05, 3.63) is 71.4 Å². The number of amides is 2. The van der Waals surface area contributed by atoms with Crippen molar-refractivity contribution in [1.82, 2.24) is 20.7 Å². The Bertz CT molecular complexity index is 1210. The van der Waals surface area contributed by atoms with Crippen LogP contribution in [0.25, 0.3) is 10.9 Å². The van der Waals surface area contributed by atoms with Gasteiger partial charge in [-0.3, -0.25) is 24.9 Å². The van der Waals surface area contributed by atoms with Crippen LogP contribution >= 0.6 is 0 Å². The van der Waals surface area contributed by atoms with Gasteiger partial charge in [-0.15, -0.1) is 0 Å². The van der Waals surface area contributed by atoms with Gasteiger partial charge in [0.05, 0.1) is 5.69 Å². The van der Waals surface area contributed by atoms with Crippen LogP contribution in [0, 0.1) is 0 Å². The fourth-order valence-corrected chi connectivity index (χ4v) is 4.91. The smallest absolute Gasteiger partial charge is 0.325 e. The number of para-hydroxylation sites is 1. The molecule has 4 rings (SSSR count). The Balaban J connectivity index is 1.53. The van der Waals surface area contributed by atoms with Gasteiger partial charge in [0.2, 0.25) is 11.8 Å². The molecule has 1 aromatic heterocycles. The summed E-state index contributed by atoms with van der Waals surface area (Å²) < 4.78 is 0. The van der Waals surface area contributed by atoms with Gasteiger partial charge >= 0.3 is 5.97 Å². The molecular formula is C27H32N4O5. The molecule has 1 aliphatic heterocycles. The zero-order chi connectivity index (χ0) is 25.5. The van der Waals surface area contributed by atoms with Gasteiger partial charge in [-0.1, -0.05) is 61.4 Å². The number of carboxylic acid groups (broad SMARTS) is 1. The molecule has 0 spiro atoms. The van der Waals surface area contributed by atoms with E-state index in [-0.39, 0.29) is 12.3 Å². The van der Waals surface area contributed by atoms with E-state index in [1.54, 1.807) is 34.6 Å². The molecule has 1 aliphatic rings. The van der Waals surface area contributed by atoms with Gasteiger partial charge in [-0.25, -0.2) is 5.48 Å². The predicted molar refractivity (Wildman–Crippen MR) is 134 cm³/mol. The Kier molecular flexibility index (Phi) is 8.35. The number of carbonyl (C=O) groups excluding carboxylic acids is 2. The average molecular weight is 493 g/mol. The Morgan fingerprint density at radius 1 is 0.972 bits per heavy atom. The fraction of sp³-hybridized carbons (Fsp3) is 0.370. The van der Waals surface area contributed by atoms with Gasteiger partial charge in [0.15, 0.2) is 0 Å². The summed E-state index contributed by atoms with van der Waals surface area (Å²) in [5, 5.41) is 22.9. The lowest BCUT2D eigenvalue weighted by Gasteiger charge is -2.38. The van der Waals surface area contributed by atoms with Crippen LogP contribution < -0.4 is 10.8 Å². The number of carboxylic acids is 1. The van der Waals surface area contributed by atoms with Crippen molar-refractivity contribution in [2.45, 2.75) is 57.2 Å². The molecule has 9 heteroatoms. The average Bonchev–Trinajstić information content (AvgIpc) is 3.28. The van der Waals surface area contributed by atoms with Crippen molar-refractivity contribution in [1.29, 1.82) is 0 Å². The molecule has 0 fully saturated rings. The van der Waals surface area contributed by atoms with Gasteiger partial charge < -0.3 is 15.0 Å². The van der Waals surface area contributed by atoms with E-state index in [1.165, 1.54) is 0 Å². The lowest BCUT2D eigenvalue weighted by atomic mass is 9.98. The first-order chi connectivity index (χ1) is 17.5. The summed E-state index contributed by atoms with van der Waals surface area (Å²) in [6.07, 6.45) is 3.55. The number of hydrogen-bond donors (Lipinski definition) is 5. The summed E-state index contributed by atoms with van der Waals surface area (Å²) >= 11 is 0. The standard InChI is InChI=1S/C27H32N4O5/c32-22(30-36)14-6-1-2-7-15-23(33)31-17-16-20-19-12-8-9-13-21(19)28-25(20)26(31)29-24(27(34)35)18-10-4-3-5-11-18/h3-5,8-13,24,26,28-29,36H,1-2,6-7,14-17H2,(H,30,32)(H,34,35)/t24-,26?/m0/s1. The first-order valence-electron chi connectivity index (χ1n) is 12.3. The number of carbonyl (C=O) groups is 3. The zero-order valence-electron chi connectivity index (χ0n) is 20.1. The minimum absolute atomic E-state index is 0.0397. The van der Waals surface area contributed by atoms with Crippen molar-refractivity contribution in [2.75, 3.05) is 6.54 Å². The molecule has 2 aromatic carbocycles. The molecule has 0 radical (unpaired) electrons. The van der Waals surface area contributed by atoms with Gasteiger partial charge in [-0.05, 0) is 36.5 Å². The highest BCUT2D eigenvalue weighted by atomic mass is 16.5. The van der Waals surface area contributed by atoms with E-state index in [1.807, 2.05) is 30.3 Å². The first kappa shape index (κ1) is 25.4. The van der Waals surface area contributed by atoms with E-state index >= 15 is 0 Å². The van der Waals surface area contributed by atoms with Gasteiger partial charge in [-0.2, -0.15) is 0 Å².